The number of aromatic amines is 2. The van der Waals surface area contributed by atoms with E-state index in [1.807, 2.05) is 0 Å². The SMILES string of the molecule is Nc1nc2c(ncn2CCC(CO)CO)c(=O)[nH]1.Nc1nc2c(ncn2CCC(CO)CO)c(=O)[nH]1. The van der Waals surface area contributed by atoms with Gasteiger partial charge in [0.05, 0.1) is 12.7 Å². The van der Waals surface area contributed by atoms with E-state index in [4.69, 9.17) is 31.9 Å². The van der Waals surface area contributed by atoms with E-state index < -0.39 is 0 Å². The normalized spacial score (nSPS) is 11.5. The van der Waals surface area contributed by atoms with Crippen LogP contribution in [0.25, 0.3) is 22.3 Å². The van der Waals surface area contributed by atoms with Gasteiger partial charge in [-0.2, -0.15) is 9.97 Å². The molecule has 4 aromatic rings. The molecule has 4 rings (SSSR count). The maximum Gasteiger partial charge on any atom is 0.280 e. The lowest BCUT2D eigenvalue weighted by molar-refractivity contribution is 0.140. The number of nitrogens with two attached hydrogens (primary N) is 2. The lowest BCUT2D eigenvalue weighted by atomic mass is 10.1. The molecule has 0 aliphatic rings. The van der Waals surface area contributed by atoms with Crippen LogP contribution in [0.1, 0.15) is 12.8 Å². The van der Waals surface area contributed by atoms with E-state index >= 15 is 0 Å². The summed E-state index contributed by atoms with van der Waals surface area (Å²) in [7, 11) is 0. The van der Waals surface area contributed by atoms with Gasteiger partial charge >= 0.3 is 0 Å². The summed E-state index contributed by atoms with van der Waals surface area (Å²) in [6.45, 7) is 0.660. The Hall–Kier alpha value is -3.86. The summed E-state index contributed by atoms with van der Waals surface area (Å²) in [5.41, 5.74) is 11.5. The van der Waals surface area contributed by atoms with Crippen LogP contribution in [-0.4, -0.2) is 85.9 Å². The summed E-state index contributed by atoms with van der Waals surface area (Å²) in [6.07, 6.45) is 4.12. The second-order valence-electron chi connectivity index (χ2n) is 8.16. The minimum Gasteiger partial charge on any atom is -0.396 e. The van der Waals surface area contributed by atoms with Crippen LogP contribution >= 0.6 is 0 Å². The van der Waals surface area contributed by atoms with Crippen molar-refractivity contribution >= 4 is 34.2 Å². The number of aromatic nitrogens is 8. The highest BCUT2D eigenvalue weighted by molar-refractivity contribution is 5.71. The Morgan fingerprint density at radius 2 is 1.08 bits per heavy atom. The van der Waals surface area contributed by atoms with Gasteiger partial charge in [0.25, 0.3) is 11.1 Å². The van der Waals surface area contributed by atoms with Crippen molar-refractivity contribution in [2.75, 3.05) is 37.9 Å². The number of aliphatic hydroxyl groups excluding tert-OH is 4. The third-order valence-corrected chi connectivity index (χ3v) is 5.58. The van der Waals surface area contributed by atoms with E-state index in [0.717, 1.165) is 0 Å². The molecule has 0 aliphatic heterocycles. The van der Waals surface area contributed by atoms with Gasteiger partial charge in [0.2, 0.25) is 11.9 Å². The van der Waals surface area contributed by atoms with Crippen LogP contribution in [0.15, 0.2) is 22.2 Å². The summed E-state index contributed by atoms with van der Waals surface area (Å²) in [5.74, 6) is -0.311. The zero-order valence-electron chi connectivity index (χ0n) is 19.4. The number of aliphatic hydroxyl groups is 4. The molecule has 36 heavy (non-hydrogen) atoms. The number of nitrogen functional groups attached to an aromatic ring is 2. The minimum absolute atomic E-state index is 0.0371. The van der Waals surface area contributed by atoms with E-state index in [2.05, 4.69) is 29.9 Å². The first-order valence-electron chi connectivity index (χ1n) is 11.2. The monoisotopic (exact) mass is 506 g/mol. The molecule has 4 aromatic heterocycles. The zero-order chi connectivity index (χ0) is 26.2. The summed E-state index contributed by atoms with van der Waals surface area (Å²) < 4.78 is 3.36. The van der Waals surface area contributed by atoms with E-state index in [9.17, 15) is 9.59 Å². The fraction of sp³-hybridized carbons (Fsp3) is 0.500. The van der Waals surface area contributed by atoms with Crippen molar-refractivity contribution in [2.24, 2.45) is 11.8 Å². The quantitative estimate of drug-likeness (QED) is 0.110. The fourth-order valence-corrected chi connectivity index (χ4v) is 3.39. The standard InChI is InChI=1S/2C10H15N5O3/c2*11-10-13-8-7(9(18)14-10)12-5-15(8)2-1-6(3-16)4-17/h2*5-6,16-17H,1-4H2,(H3,11,13,14,18). The topological polar surface area (TPSA) is 260 Å². The van der Waals surface area contributed by atoms with Crippen molar-refractivity contribution in [3.8, 4) is 0 Å². The number of aryl methyl sites for hydroxylation is 2. The Bertz CT molecular complexity index is 1280. The van der Waals surface area contributed by atoms with Crippen molar-refractivity contribution in [2.45, 2.75) is 25.9 Å². The average molecular weight is 507 g/mol. The van der Waals surface area contributed by atoms with Gasteiger partial charge in [-0.1, -0.05) is 0 Å². The van der Waals surface area contributed by atoms with Crippen molar-refractivity contribution in [3.05, 3.63) is 33.4 Å². The van der Waals surface area contributed by atoms with E-state index in [0.29, 0.717) is 37.2 Å². The molecule has 0 radical (unpaired) electrons. The fourth-order valence-electron chi connectivity index (χ4n) is 3.39. The second kappa shape index (κ2) is 12.2. The third-order valence-electron chi connectivity index (χ3n) is 5.58. The number of nitrogens with zero attached hydrogens (tertiary/aromatic N) is 6. The number of hydrogen-bond acceptors (Lipinski definition) is 12. The maximum atomic E-state index is 11.5. The Kier molecular flexibility index (Phi) is 9.07. The van der Waals surface area contributed by atoms with E-state index in [1.54, 1.807) is 9.13 Å². The van der Waals surface area contributed by atoms with E-state index in [-0.39, 0.29) is 72.3 Å². The van der Waals surface area contributed by atoms with Gasteiger partial charge in [0, 0.05) is 51.4 Å². The first-order chi connectivity index (χ1) is 17.3. The molecule has 0 aromatic carbocycles. The van der Waals surface area contributed by atoms with Crippen LogP contribution in [0.2, 0.25) is 0 Å². The van der Waals surface area contributed by atoms with Gasteiger partial charge in [-0.05, 0) is 12.8 Å². The summed E-state index contributed by atoms with van der Waals surface area (Å²) in [4.78, 5) is 43.8. The van der Waals surface area contributed by atoms with Gasteiger partial charge in [-0.3, -0.25) is 19.6 Å². The Labute approximate surface area is 203 Å². The molecular formula is C20H30N10O6. The highest BCUT2D eigenvalue weighted by Gasteiger charge is 2.12. The largest absolute Gasteiger partial charge is 0.396 e. The number of rotatable bonds is 10. The predicted molar refractivity (Wildman–Crippen MR) is 130 cm³/mol. The zero-order valence-corrected chi connectivity index (χ0v) is 19.4. The molecule has 0 atom stereocenters. The molecule has 0 fully saturated rings. The molecule has 0 saturated carbocycles. The molecule has 0 aliphatic carbocycles. The second-order valence-corrected chi connectivity index (χ2v) is 8.16. The molecule has 16 nitrogen and oxygen atoms in total. The van der Waals surface area contributed by atoms with Crippen LogP contribution in [0.3, 0.4) is 0 Å². The van der Waals surface area contributed by atoms with Crippen LogP contribution in [0, 0.1) is 11.8 Å². The molecule has 0 spiro atoms. The lowest BCUT2D eigenvalue weighted by Crippen LogP contribution is -2.15. The highest BCUT2D eigenvalue weighted by atomic mass is 16.3. The number of fused-ring (bicyclic) bond motifs is 2. The summed E-state index contributed by atoms with van der Waals surface area (Å²) in [6, 6.07) is 0. The van der Waals surface area contributed by atoms with Crippen LogP contribution in [0.4, 0.5) is 11.9 Å². The molecule has 0 unspecified atom stereocenters. The molecule has 0 saturated heterocycles. The number of hydrogen-bond donors (Lipinski definition) is 8. The molecule has 0 amide bonds. The van der Waals surface area contributed by atoms with Gasteiger partial charge in [0.15, 0.2) is 22.3 Å². The van der Waals surface area contributed by atoms with Crippen molar-refractivity contribution in [1.82, 2.24) is 39.0 Å². The van der Waals surface area contributed by atoms with Crippen LogP contribution < -0.4 is 22.6 Å². The third kappa shape index (κ3) is 6.22. The maximum absolute atomic E-state index is 11.5. The molecule has 10 N–H and O–H groups in total. The predicted octanol–water partition coefficient (Wildman–Crippen LogP) is -2.61. The minimum atomic E-state index is -0.378. The van der Waals surface area contributed by atoms with Crippen LogP contribution in [0.5, 0.6) is 0 Å². The number of anilines is 2. The van der Waals surface area contributed by atoms with Crippen molar-refractivity contribution in [3.63, 3.8) is 0 Å². The van der Waals surface area contributed by atoms with Crippen molar-refractivity contribution in [1.29, 1.82) is 0 Å². The van der Waals surface area contributed by atoms with Crippen molar-refractivity contribution < 1.29 is 20.4 Å². The first kappa shape index (κ1) is 26.7. The molecule has 0 bridgehead atoms. The van der Waals surface area contributed by atoms with Gasteiger partial charge in [-0.25, -0.2) is 9.97 Å². The number of imidazole rings is 2. The molecule has 196 valence electrons. The molecular weight excluding hydrogens is 476 g/mol. The highest BCUT2D eigenvalue weighted by Crippen LogP contribution is 2.11. The molecule has 16 heteroatoms. The Morgan fingerprint density at radius 3 is 1.42 bits per heavy atom. The van der Waals surface area contributed by atoms with Gasteiger partial charge in [0.1, 0.15) is 0 Å². The number of nitrogens with one attached hydrogen (secondary N) is 2. The Balaban J connectivity index is 0.000000201. The molecule has 4 heterocycles. The smallest absolute Gasteiger partial charge is 0.280 e. The lowest BCUT2D eigenvalue weighted by Gasteiger charge is -2.10. The van der Waals surface area contributed by atoms with Gasteiger partial charge in [-0.15, -0.1) is 0 Å². The number of H-pyrrole nitrogens is 2. The Morgan fingerprint density at radius 1 is 0.722 bits per heavy atom. The van der Waals surface area contributed by atoms with Crippen LogP contribution in [-0.2, 0) is 13.1 Å². The summed E-state index contributed by atoms with van der Waals surface area (Å²) >= 11 is 0. The summed E-state index contributed by atoms with van der Waals surface area (Å²) in [5, 5.41) is 35.9. The van der Waals surface area contributed by atoms with E-state index in [1.165, 1.54) is 12.7 Å². The van der Waals surface area contributed by atoms with Gasteiger partial charge < -0.3 is 41.0 Å². The average Bonchev–Trinajstić information content (AvgIpc) is 3.45. The first-order valence-corrected chi connectivity index (χ1v) is 11.2.